The number of amides is 1. The van der Waals surface area contributed by atoms with E-state index in [0.717, 1.165) is 44.9 Å². The molecule has 0 bridgehead atoms. The minimum Gasteiger partial charge on any atom is -0.489 e. The highest BCUT2D eigenvalue weighted by atomic mass is 79.9. The molecule has 1 aromatic heterocycles. The van der Waals surface area contributed by atoms with Crippen LogP contribution in [-0.2, 0) is 11.4 Å². The number of carbonyl (C=O) groups excluding carboxylic acids is 1. The van der Waals surface area contributed by atoms with Crippen molar-refractivity contribution < 1.29 is 9.53 Å². The lowest BCUT2D eigenvalue weighted by Gasteiger charge is -2.28. The van der Waals surface area contributed by atoms with Crippen molar-refractivity contribution in [2.45, 2.75) is 38.1 Å². The Labute approximate surface area is 234 Å². The molecule has 0 radical (unpaired) electrons. The monoisotopic (exact) mass is 589 g/mol. The Bertz CT molecular complexity index is 1440. The Balaban J connectivity index is 1.44. The van der Waals surface area contributed by atoms with Gasteiger partial charge in [-0.15, -0.1) is 5.10 Å². The van der Waals surface area contributed by atoms with Gasteiger partial charge in [-0.3, -0.25) is 4.79 Å². The molecule has 3 aromatic carbocycles. The van der Waals surface area contributed by atoms with E-state index in [1.165, 1.54) is 0 Å². The predicted octanol–water partition coefficient (Wildman–Crippen LogP) is 7.05. The van der Waals surface area contributed by atoms with Gasteiger partial charge >= 0.3 is 0 Å². The van der Waals surface area contributed by atoms with Crippen LogP contribution in [0.1, 0.15) is 37.4 Å². The van der Waals surface area contributed by atoms with Gasteiger partial charge in [0.05, 0.1) is 5.57 Å². The van der Waals surface area contributed by atoms with Crippen LogP contribution in [-0.4, -0.2) is 26.4 Å². The lowest BCUT2D eigenvalue weighted by Crippen LogP contribution is -2.31. The molecule has 1 amide bonds. The molecule has 0 spiro atoms. The number of para-hydroxylation sites is 1. The molecule has 2 N–H and O–H groups in total. The zero-order valence-corrected chi connectivity index (χ0v) is 23.6. The first-order valence-electron chi connectivity index (χ1n) is 12.4. The minimum atomic E-state index is -0.445. The van der Waals surface area contributed by atoms with Crippen LogP contribution in [0.25, 0.3) is 0 Å². The van der Waals surface area contributed by atoms with Crippen molar-refractivity contribution in [3.05, 3.63) is 106 Å². The number of ether oxygens (including phenoxy) is 1. The van der Waals surface area contributed by atoms with Gasteiger partial charge in [-0.2, -0.15) is 4.98 Å². The molecule has 1 aliphatic heterocycles. The smallest absolute Gasteiger partial charge is 0.255 e. The molecule has 194 valence electrons. The number of nitrogens with zero attached hydrogens (tertiary/aromatic N) is 3. The Kier molecular flexibility index (Phi) is 8.14. The number of hydrogen-bond acceptors (Lipinski definition) is 6. The summed E-state index contributed by atoms with van der Waals surface area (Å²) in [5, 5.41) is 11.8. The largest absolute Gasteiger partial charge is 0.489 e. The fraction of sp³-hybridized carbons (Fsp3) is 0.207. The number of benzene rings is 3. The number of thioether (sulfide) groups is 1. The van der Waals surface area contributed by atoms with Crippen LogP contribution in [0.15, 0.2) is 99.8 Å². The third-order valence-corrected chi connectivity index (χ3v) is 7.63. The summed E-state index contributed by atoms with van der Waals surface area (Å²) < 4.78 is 8.85. The number of nitrogens with one attached hydrogen (secondary N) is 2. The molecular formula is C29H28BrN5O2S. The summed E-state index contributed by atoms with van der Waals surface area (Å²) in [7, 11) is 0. The van der Waals surface area contributed by atoms with Crippen molar-refractivity contribution in [2.24, 2.45) is 0 Å². The van der Waals surface area contributed by atoms with E-state index >= 15 is 0 Å². The predicted molar refractivity (Wildman–Crippen MR) is 155 cm³/mol. The maximum absolute atomic E-state index is 13.6. The maximum Gasteiger partial charge on any atom is 0.255 e. The lowest BCUT2D eigenvalue weighted by molar-refractivity contribution is -0.113. The van der Waals surface area contributed by atoms with Crippen LogP contribution in [0.5, 0.6) is 5.75 Å². The molecule has 38 heavy (non-hydrogen) atoms. The average molecular weight is 591 g/mol. The van der Waals surface area contributed by atoms with Crippen LogP contribution < -0.4 is 15.4 Å². The highest BCUT2D eigenvalue weighted by Gasteiger charge is 2.34. The molecule has 1 aliphatic rings. The van der Waals surface area contributed by atoms with Gasteiger partial charge in [-0.25, -0.2) is 4.68 Å². The molecule has 0 saturated heterocycles. The molecule has 0 saturated carbocycles. The summed E-state index contributed by atoms with van der Waals surface area (Å²) in [4.78, 5) is 18.3. The van der Waals surface area contributed by atoms with Gasteiger partial charge in [-0.05, 0) is 60.9 Å². The standard InChI is InChI=1S/C29H28BrN5O2S/c1-3-17-38-29-33-28-31-19(2)25(27(36)32-23-7-5-4-6-8-23)26(35(28)34-29)21-11-15-24(16-12-21)37-18-20-9-13-22(30)14-10-20/h4-16,26H,3,17-18H2,1-2H3,(H,32,36)(H,31,33,34). The summed E-state index contributed by atoms with van der Waals surface area (Å²) in [5.41, 5.74) is 4.06. The van der Waals surface area contributed by atoms with E-state index in [4.69, 9.17) is 9.84 Å². The van der Waals surface area contributed by atoms with Crippen molar-refractivity contribution in [1.29, 1.82) is 0 Å². The quantitative estimate of drug-likeness (QED) is 0.204. The minimum absolute atomic E-state index is 0.189. The second-order valence-electron chi connectivity index (χ2n) is 8.88. The SMILES string of the molecule is CCCSc1nc2n(n1)C(c1ccc(OCc3ccc(Br)cc3)cc1)C(C(=O)Nc1ccccc1)=C(C)N2. The maximum atomic E-state index is 13.6. The summed E-state index contributed by atoms with van der Waals surface area (Å²) in [5.74, 6) is 2.11. The Morgan fingerprint density at radius 1 is 1.08 bits per heavy atom. The van der Waals surface area contributed by atoms with E-state index in [2.05, 4.69) is 38.5 Å². The van der Waals surface area contributed by atoms with E-state index in [0.29, 0.717) is 23.3 Å². The third kappa shape index (κ3) is 5.95. The second kappa shape index (κ2) is 11.9. The summed E-state index contributed by atoms with van der Waals surface area (Å²) in [6.07, 6.45) is 1.02. The number of fused-ring (bicyclic) bond motifs is 1. The molecular weight excluding hydrogens is 562 g/mol. The van der Waals surface area contributed by atoms with Crippen LogP contribution in [0.4, 0.5) is 11.6 Å². The van der Waals surface area contributed by atoms with Gasteiger partial charge in [0.1, 0.15) is 18.4 Å². The molecule has 9 heteroatoms. The number of carbonyl (C=O) groups is 1. The molecule has 7 nitrogen and oxygen atoms in total. The average Bonchev–Trinajstić information content (AvgIpc) is 3.34. The van der Waals surface area contributed by atoms with Crippen molar-refractivity contribution in [1.82, 2.24) is 14.8 Å². The Morgan fingerprint density at radius 3 is 2.53 bits per heavy atom. The van der Waals surface area contributed by atoms with Crippen LogP contribution in [0, 0.1) is 0 Å². The number of allylic oxidation sites excluding steroid dienone is 1. The lowest BCUT2D eigenvalue weighted by atomic mass is 9.95. The topological polar surface area (TPSA) is 81.1 Å². The first-order valence-corrected chi connectivity index (χ1v) is 14.2. The molecule has 4 aromatic rings. The van der Waals surface area contributed by atoms with Gasteiger partial charge in [0.15, 0.2) is 0 Å². The fourth-order valence-corrected chi connectivity index (χ4v) is 5.15. The Hall–Kier alpha value is -3.56. The highest BCUT2D eigenvalue weighted by Crippen LogP contribution is 2.37. The van der Waals surface area contributed by atoms with Crippen LogP contribution >= 0.6 is 27.7 Å². The normalized spacial score (nSPS) is 14.6. The number of hydrogen-bond donors (Lipinski definition) is 2. The summed E-state index contributed by atoms with van der Waals surface area (Å²) >= 11 is 5.07. The van der Waals surface area contributed by atoms with E-state index in [1.54, 1.807) is 11.8 Å². The van der Waals surface area contributed by atoms with Gasteiger partial charge < -0.3 is 15.4 Å². The fourth-order valence-electron chi connectivity index (χ4n) is 4.20. The van der Waals surface area contributed by atoms with Crippen molar-refractivity contribution >= 4 is 45.2 Å². The molecule has 0 aliphatic carbocycles. The highest BCUT2D eigenvalue weighted by molar-refractivity contribution is 9.10. The van der Waals surface area contributed by atoms with Gasteiger partial charge in [0, 0.05) is 21.6 Å². The van der Waals surface area contributed by atoms with E-state index < -0.39 is 6.04 Å². The Morgan fingerprint density at radius 2 is 1.82 bits per heavy atom. The summed E-state index contributed by atoms with van der Waals surface area (Å²) in [6.45, 7) is 4.50. The molecule has 2 heterocycles. The molecule has 1 unspecified atom stereocenters. The molecule has 5 rings (SSSR count). The van der Waals surface area contributed by atoms with Gasteiger partial charge in [-0.1, -0.05) is 77.1 Å². The van der Waals surface area contributed by atoms with Crippen molar-refractivity contribution in [3.8, 4) is 5.75 Å². The number of rotatable bonds is 9. The first-order chi connectivity index (χ1) is 18.5. The zero-order chi connectivity index (χ0) is 26.5. The van der Waals surface area contributed by atoms with E-state index in [-0.39, 0.29) is 5.91 Å². The van der Waals surface area contributed by atoms with Crippen LogP contribution in [0.2, 0.25) is 0 Å². The second-order valence-corrected chi connectivity index (χ2v) is 10.9. The third-order valence-electron chi connectivity index (χ3n) is 6.06. The number of halogens is 1. The summed E-state index contributed by atoms with van der Waals surface area (Å²) in [6, 6.07) is 24.9. The van der Waals surface area contributed by atoms with Gasteiger partial charge in [0.2, 0.25) is 11.1 Å². The van der Waals surface area contributed by atoms with Crippen LogP contribution in [0.3, 0.4) is 0 Å². The van der Waals surface area contributed by atoms with E-state index in [9.17, 15) is 4.79 Å². The first kappa shape index (κ1) is 26.1. The van der Waals surface area contributed by atoms with Gasteiger partial charge in [0.25, 0.3) is 5.91 Å². The number of anilines is 2. The van der Waals surface area contributed by atoms with Crippen molar-refractivity contribution in [2.75, 3.05) is 16.4 Å². The van der Waals surface area contributed by atoms with E-state index in [1.807, 2.05) is 90.5 Å². The number of aromatic nitrogens is 3. The molecule has 0 fully saturated rings. The zero-order valence-electron chi connectivity index (χ0n) is 21.1. The van der Waals surface area contributed by atoms with Crippen molar-refractivity contribution in [3.63, 3.8) is 0 Å². The molecule has 1 atom stereocenters.